The van der Waals surface area contributed by atoms with E-state index >= 15 is 0 Å². The lowest BCUT2D eigenvalue weighted by atomic mass is 10.2. The third-order valence-electron chi connectivity index (χ3n) is 4.20. The summed E-state index contributed by atoms with van der Waals surface area (Å²) in [6.07, 6.45) is 1.48. The van der Waals surface area contributed by atoms with Crippen molar-refractivity contribution >= 4 is 47.0 Å². The molecule has 2 rings (SSSR count). The highest BCUT2D eigenvalue weighted by molar-refractivity contribution is 7.99. The second-order valence-electron chi connectivity index (χ2n) is 6.72. The Balaban J connectivity index is 2.39. The van der Waals surface area contributed by atoms with E-state index < -0.39 is 6.09 Å². The summed E-state index contributed by atoms with van der Waals surface area (Å²) in [6.45, 7) is 3.70. The molecular weight excluding hydrogens is 428 g/mol. The molecule has 0 saturated heterocycles. The Morgan fingerprint density at radius 2 is 1.72 bits per heavy atom. The highest BCUT2D eigenvalue weighted by Gasteiger charge is 2.13. The van der Waals surface area contributed by atoms with Gasteiger partial charge in [-0.05, 0) is 36.8 Å². The minimum absolute atomic E-state index is 0.0868. The van der Waals surface area contributed by atoms with Gasteiger partial charge in [-0.3, -0.25) is 20.2 Å². The van der Waals surface area contributed by atoms with Crippen molar-refractivity contribution in [3.05, 3.63) is 48.5 Å². The minimum atomic E-state index is -0.773. The molecule has 0 radical (unpaired) electrons. The van der Waals surface area contributed by atoms with Crippen LogP contribution in [0.25, 0.3) is 0 Å². The van der Waals surface area contributed by atoms with Gasteiger partial charge in [0.1, 0.15) is 0 Å². The predicted molar refractivity (Wildman–Crippen MR) is 126 cm³/mol. The smallest absolute Gasteiger partial charge is 0.413 e. The number of carbonyl (C=O) groups is 3. The molecule has 0 spiro atoms. The van der Waals surface area contributed by atoms with E-state index in [0.29, 0.717) is 17.8 Å². The van der Waals surface area contributed by atoms with Gasteiger partial charge in [0.25, 0.3) is 0 Å². The number of hydrogen-bond acceptors (Lipinski definition) is 6. The fraction of sp³-hybridized carbons (Fsp3) is 0.304. The maximum Gasteiger partial charge on any atom is 0.413 e. The van der Waals surface area contributed by atoms with E-state index in [1.54, 1.807) is 24.8 Å². The molecule has 2 aromatic rings. The predicted octanol–water partition coefficient (Wildman–Crippen LogP) is 4.84. The lowest BCUT2D eigenvalue weighted by Crippen LogP contribution is -2.43. The van der Waals surface area contributed by atoms with Gasteiger partial charge in [0.15, 0.2) is 0 Å². The third-order valence-corrected chi connectivity index (χ3v) is 5.19. The van der Waals surface area contributed by atoms with Crippen LogP contribution in [0, 0.1) is 0 Å². The molecule has 0 unspecified atom stereocenters. The summed E-state index contributed by atoms with van der Waals surface area (Å²) < 4.78 is 4.60. The molecule has 0 atom stereocenters. The number of nitrogens with zero attached hydrogens (tertiary/aromatic N) is 1. The summed E-state index contributed by atoms with van der Waals surface area (Å²) in [4.78, 5) is 42.3. The first-order chi connectivity index (χ1) is 15.4. The highest BCUT2D eigenvalue weighted by Crippen LogP contribution is 2.34. The lowest BCUT2D eigenvalue weighted by molar-refractivity contribution is -0.119. The Kier molecular flexibility index (Phi) is 10.3. The van der Waals surface area contributed by atoms with Crippen LogP contribution in [0.1, 0.15) is 39.5 Å². The SMILES string of the molecule is CCCCC(=O)Nc1cc(Sc2ccccc2)ccc1N=C(NC(=O)CC)NC(=O)OC. The lowest BCUT2D eigenvalue weighted by Gasteiger charge is -2.13. The van der Waals surface area contributed by atoms with Gasteiger partial charge in [0.05, 0.1) is 18.5 Å². The number of amides is 3. The molecule has 0 heterocycles. The Labute approximate surface area is 192 Å². The summed E-state index contributed by atoms with van der Waals surface area (Å²) in [5.74, 6) is -0.550. The van der Waals surface area contributed by atoms with Gasteiger partial charge in [0, 0.05) is 22.6 Å². The van der Waals surface area contributed by atoms with E-state index in [1.807, 2.05) is 49.4 Å². The monoisotopic (exact) mass is 456 g/mol. The largest absolute Gasteiger partial charge is 0.453 e. The Morgan fingerprint density at radius 3 is 2.38 bits per heavy atom. The van der Waals surface area contributed by atoms with Gasteiger partial charge in [-0.25, -0.2) is 9.79 Å². The minimum Gasteiger partial charge on any atom is -0.453 e. The molecular formula is C23H28N4O4S. The molecule has 170 valence electrons. The quantitative estimate of drug-likeness (QED) is 0.389. The standard InChI is InChI=1S/C23H28N4O4S/c1-4-6-12-21(29)24-19-15-17(32-16-10-8-7-9-11-16)13-14-18(19)25-22(26-20(28)5-2)27-23(30)31-3/h7-11,13-15H,4-6,12H2,1-3H3,(H,24,29)(H2,25,26,27,28,30). The van der Waals surface area contributed by atoms with E-state index in [0.717, 1.165) is 22.6 Å². The first-order valence-corrected chi connectivity index (χ1v) is 11.2. The number of alkyl carbamates (subject to hydrolysis) is 1. The number of guanidine groups is 1. The fourth-order valence-corrected chi connectivity index (χ4v) is 3.40. The Morgan fingerprint density at radius 1 is 0.969 bits per heavy atom. The number of ether oxygens (including phenoxy) is 1. The number of anilines is 1. The summed E-state index contributed by atoms with van der Waals surface area (Å²) in [6, 6.07) is 15.2. The molecule has 32 heavy (non-hydrogen) atoms. The van der Waals surface area contributed by atoms with Crippen molar-refractivity contribution in [1.29, 1.82) is 0 Å². The van der Waals surface area contributed by atoms with E-state index in [1.165, 1.54) is 7.11 Å². The molecule has 9 heteroatoms. The first-order valence-electron chi connectivity index (χ1n) is 10.4. The summed E-state index contributed by atoms with van der Waals surface area (Å²) in [7, 11) is 1.21. The summed E-state index contributed by atoms with van der Waals surface area (Å²) in [5, 5.41) is 7.82. The number of rotatable bonds is 8. The molecule has 0 bridgehead atoms. The highest BCUT2D eigenvalue weighted by atomic mass is 32.2. The van der Waals surface area contributed by atoms with Crippen molar-refractivity contribution in [3.63, 3.8) is 0 Å². The van der Waals surface area contributed by atoms with Gasteiger partial charge in [-0.1, -0.05) is 50.2 Å². The van der Waals surface area contributed by atoms with Gasteiger partial charge in [-0.15, -0.1) is 0 Å². The molecule has 3 N–H and O–H groups in total. The third kappa shape index (κ3) is 8.43. The Hall–Kier alpha value is -3.33. The van der Waals surface area contributed by atoms with Gasteiger partial charge in [0.2, 0.25) is 17.8 Å². The number of carbonyl (C=O) groups excluding carboxylic acids is 3. The number of aliphatic imine (C=N–C) groups is 1. The maximum absolute atomic E-state index is 12.4. The van der Waals surface area contributed by atoms with E-state index in [4.69, 9.17) is 0 Å². The van der Waals surface area contributed by atoms with Crippen LogP contribution < -0.4 is 16.0 Å². The molecule has 3 amide bonds. The molecule has 2 aromatic carbocycles. The number of hydrogen-bond donors (Lipinski definition) is 3. The second kappa shape index (κ2) is 13.2. The summed E-state index contributed by atoms with van der Waals surface area (Å²) in [5.41, 5.74) is 0.858. The van der Waals surface area contributed by atoms with Crippen molar-refractivity contribution < 1.29 is 19.1 Å². The zero-order valence-electron chi connectivity index (χ0n) is 18.4. The normalized spacial score (nSPS) is 10.9. The van der Waals surface area contributed by atoms with Crippen molar-refractivity contribution in [2.45, 2.75) is 49.3 Å². The topological polar surface area (TPSA) is 109 Å². The fourth-order valence-electron chi connectivity index (χ4n) is 2.53. The van der Waals surface area contributed by atoms with Crippen LogP contribution in [-0.4, -0.2) is 31.0 Å². The maximum atomic E-state index is 12.4. The number of nitrogens with one attached hydrogen (secondary N) is 3. The second-order valence-corrected chi connectivity index (χ2v) is 7.87. The number of benzene rings is 2. The molecule has 0 aliphatic heterocycles. The Bertz CT molecular complexity index is 944. The zero-order valence-corrected chi connectivity index (χ0v) is 19.3. The van der Waals surface area contributed by atoms with Crippen molar-refractivity contribution in [2.75, 3.05) is 12.4 Å². The number of methoxy groups -OCH3 is 1. The van der Waals surface area contributed by atoms with E-state index in [2.05, 4.69) is 25.7 Å². The van der Waals surface area contributed by atoms with Crippen LogP contribution in [0.3, 0.4) is 0 Å². The van der Waals surface area contributed by atoms with Crippen LogP contribution in [0.4, 0.5) is 16.2 Å². The molecule has 0 saturated carbocycles. The van der Waals surface area contributed by atoms with Crippen LogP contribution >= 0.6 is 11.8 Å². The van der Waals surface area contributed by atoms with Crippen LogP contribution in [-0.2, 0) is 14.3 Å². The molecule has 0 aliphatic rings. The molecule has 0 fully saturated rings. The average Bonchev–Trinajstić information content (AvgIpc) is 2.79. The number of unbranched alkanes of at least 4 members (excludes halogenated alkanes) is 1. The molecule has 0 aliphatic carbocycles. The van der Waals surface area contributed by atoms with Gasteiger partial charge >= 0.3 is 6.09 Å². The van der Waals surface area contributed by atoms with E-state index in [9.17, 15) is 14.4 Å². The average molecular weight is 457 g/mol. The first kappa shape index (κ1) is 24.9. The van der Waals surface area contributed by atoms with Crippen molar-refractivity contribution in [3.8, 4) is 0 Å². The molecule has 8 nitrogen and oxygen atoms in total. The zero-order chi connectivity index (χ0) is 23.3. The van der Waals surface area contributed by atoms with Crippen molar-refractivity contribution in [1.82, 2.24) is 10.6 Å². The molecule has 0 aromatic heterocycles. The summed E-state index contributed by atoms with van der Waals surface area (Å²) >= 11 is 1.54. The van der Waals surface area contributed by atoms with Crippen molar-refractivity contribution in [2.24, 2.45) is 4.99 Å². The van der Waals surface area contributed by atoms with Gasteiger partial charge in [-0.2, -0.15) is 0 Å². The van der Waals surface area contributed by atoms with E-state index in [-0.39, 0.29) is 24.2 Å². The van der Waals surface area contributed by atoms with Crippen LogP contribution in [0.15, 0.2) is 63.3 Å². The van der Waals surface area contributed by atoms with Gasteiger partial charge < -0.3 is 10.1 Å². The van der Waals surface area contributed by atoms with Crippen LogP contribution in [0.2, 0.25) is 0 Å². The van der Waals surface area contributed by atoms with Crippen LogP contribution in [0.5, 0.6) is 0 Å².